The van der Waals surface area contributed by atoms with Crippen LogP contribution in [-0.4, -0.2) is 30.3 Å². The molecule has 0 amide bonds. The molecule has 2 fully saturated rings. The lowest BCUT2D eigenvalue weighted by Gasteiger charge is -2.37. The highest BCUT2D eigenvalue weighted by molar-refractivity contribution is 7.15. The Morgan fingerprint density at radius 2 is 2.37 bits per heavy atom. The van der Waals surface area contributed by atoms with Crippen molar-refractivity contribution in [3.05, 3.63) is 10.6 Å². The summed E-state index contributed by atoms with van der Waals surface area (Å²) in [5.74, 6) is 0. The van der Waals surface area contributed by atoms with Crippen molar-refractivity contribution < 1.29 is 4.74 Å². The Bertz CT molecular complexity index is 434. The van der Waals surface area contributed by atoms with Gasteiger partial charge in [0.15, 0.2) is 5.13 Å². The van der Waals surface area contributed by atoms with Gasteiger partial charge < -0.3 is 15.4 Å². The maximum absolute atomic E-state index is 5.87. The van der Waals surface area contributed by atoms with E-state index in [1.54, 1.807) is 11.3 Å². The quantitative estimate of drug-likeness (QED) is 0.920. The number of anilines is 1. The van der Waals surface area contributed by atoms with E-state index in [4.69, 9.17) is 15.5 Å². The van der Waals surface area contributed by atoms with Crippen molar-refractivity contribution >= 4 is 16.5 Å². The number of rotatable bonds is 4. The lowest BCUT2D eigenvalue weighted by Crippen LogP contribution is -2.48. The minimum Gasteiger partial charge on any atom is -0.374 e. The predicted molar refractivity (Wildman–Crippen MR) is 78.7 cm³/mol. The normalized spacial score (nSPS) is 26.7. The molecule has 1 aromatic rings. The van der Waals surface area contributed by atoms with Gasteiger partial charge in [-0.05, 0) is 25.7 Å². The molecule has 106 valence electrons. The van der Waals surface area contributed by atoms with Crippen LogP contribution in [0.4, 0.5) is 5.13 Å². The number of thiazole rings is 1. The Morgan fingerprint density at radius 3 is 3.16 bits per heavy atom. The minimum atomic E-state index is 0.425. The van der Waals surface area contributed by atoms with Gasteiger partial charge in [-0.2, -0.15) is 0 Å². The van der Waals surface area contributed by atoms with E-state index >= 15 is 0 Å². The van der Waals surface area contributed by atoms with E-state index in [1.807, 2.05) is 0 Å². The molecule has 2 N–H and O–H groups in total. The van der Waals surface area contributed by atoms with Crippen molar-refractivity contribution in [1.82, 2.24) is 4.98 Å². The van der Waals surface area contributed by atoms with Crippen LogP contribution in [0.25, 0.3) is 0 Å². The van der Waals surface area contributed by atoms with Gasteiger partial charge >= 0.3 is 0 Å². The van der Waals surface area contributed by atoms with E-state index in [2.05, 4.69) is 11.8 Å². The number of nitrogens with zero attached hydrogens (tertiary/aromatic N) is 2. The second-order valence-electron chi connectivity index (χ2n) is 5.42. The first-order valence-electron chi connectivity index (χ1n) is 7.40. The van der Waals surface area contributed by atoms with Gasteiger partial charge in [-0.25, -0.2) is 4.98 Å². The van der Waals surface area contributed by atoms with E-state index in [1.165, 1.54) is 35.0 Å². The Hall–Kier alpha value is -0.650. The first-order chi connectivity index (χ1) is 9.33. The van der Waals surface area contributed by atoms with Crippen LogP contribution in [0.1, 0.15) is 43.2 Å². The zero-order chi connectivity index (χ0) is 13.2. The summed E-state index contributed by atoms with van der Waals surface area (Å²) in [5.41, 5.74) is 7.07. The molecule has 0 aromatic carbocycles. The van der Waals surface area contributed by atoms with Gasteiger partial charge in [0.05, 0.1) is 24.4 Å². The van der Waals surface area contributed by atoms with Gasteiger partial charge in [-0.15, -0.1) is 11.3 Å². The molecule has 0 bridgehead atoms. The Balaban J connectivity index is 1.84. The van der Waals surface area contributed by atoms with Crippen LogP contribution in [-0.2, 0) is 17.7 Å². The third kappa shape index (κ3) is 2.51. The van der Waals surface area contributed by atoms with Gasteiger partial charge in [0.25, 0.3) is 0 Å². The zero-order valence-electron chi connectivity index (χ0n) is 11.6. The average Bonchev–Trinajstić information content (AvgIpc) is 3.04. The highest BCUT2D eigenvalue weighted by Gasteiger charge is 2.37. The summed E-state index contributed by atoms with van der Waals surface area (Å²) in [6.07, 6.45) is 6.33. The molecule has 1 saturated heterocycles. The molecular formula is C14H23N3OS. The highest BCUT2D eigenvalue weighted by atomic mass is 32.1. The summed E-state index contributed by atoms with van der Waals surface area (Å²) in [4.78, 5) is 8.60. The Labute approximate surface area is 119 Å². The first-order valence-corrected chi connectivity index (χ1v) is 8.22. The Morgan fingerprint density at radius 1 is 1.47 bits per heavy atom. The van der Waals surface area contributed by atoms with Crippen LogP contribution >= 0.6 is 11.3 Å². The largest absolute Gasteiger partial charge is 0.374 e. The summed E-state index contributed by atoms with van der Waals surface area (Å²) >= 11 is 1.79. The second-order valence-corrected chi connectivity index (χ2v) is 6.48. The van der Waals surface area contributed by atoms with E-state index in [-0.39, 0.29) is 0 Å². The van der Waals surface area contributed by atoms with E-state index in [0.29, 0.717) is 18.7 Å². The topological polar surface area (TPSA) is 51.4 Å². The SMILES string of the molecule is CCCc1nc(N2CCOC3CCCC32)sc1CN. The number of morpholine rings is 1. The summed E-state index contributed by atoms with van der Waals surface area (Å²) in [6, 6.07) is 0.542. The molecule has 19 heavy (non-hydrogen) atoms. The Kier molecular flexibility index (Phi) is 4.05. The molecule has 0 spiro atoms. The van der Waals surface area contributed by atoms with Crippen molar-refractivity contribution in [2.24, 2.45) is 5.73 Å². The lowest BCUT2D eigenvalue weighted by molar-refractivity contribution is 0.0256. The maximum atomic E-state index is 5.87. The first kappa shape index (κ1) is 13.3. The van der Waals surface area contributed by atoms with Gasteiger partial charge in [-0.1, -0.05) is 13.3 Å². The van der Waals surface area contributed by atoms with E-state index in [0.717, 1.165) is 26.0 Å². The number of hydrogen-bond donors (Lipinski definition) is 1. The van der Waals surface area contributed by atoms with Gasteiger partial charge in [0.2, 0.25) is 0 Å². The lowest BCUT2D eigenvalue weighted by atomic mass is 10.1. The smallest absolute Gasteiger partial charge is 0.186 e. The molecule has 2 aliphatic rings. The van der Waals surface area contributed by atoms with Crippen LogP contribution in [0.5, 0.6) is 0 Å². The fourth-order valence-corrected chi connectivity index (χ4v) is 4.32. The number of hydrogen-bond acceptors (Lipinski definition) is 5. The predicted octanol–water partition coefficient (Wildman–Crippen LogP) is 2.31. The van der Waals surface area contributed by atoms with Crippen LogP contribution in [0.15, 0.2) is 0 Å². The van der Waals surface area contributed by atoms with E-state index in [9.17, 15) is 0 Å². The summed E-state index contributed by atoms with van der Waals surface area (Å²) in [6.45, 7) is 4.62. The number of nitrogens with two attached hydrogens (primary N) is 1. The number of ether oxygens (including phenoxy) is 1. The fraction of sp³-hybridized carbons (Fsp3) is 0.786. The third-order valence-corrected chi connectivity index (χ3v) is 5.32. The molecule has 3 rings (SSSR count). The van der Waals surface area contributed by atoms with Crippen molar-refractivity contribution in [2.75, 3.05) is 18.1 Å². The number of fused-ring (bicyclic) bond motifs is 1. The molecule has 0 radical (unpaired) electrons. The van der Waals surface area contributed by atoms with Crippen LogP contribution in [0.3, 0.4) is 0 Å². The van der Waals surface area contributed by atoms with Gasteiger partial charge in [0.1, 0.15) is 0 Å². The molecule has 4 nitrogen and oxygen atoms in total. The molecule has 2 unspecified atom stereocenters. The van der Waals surface area contributed by atoms with Crippen molar-refractivity contribution in [3.63, 3.8) is 0 Å². The molecule has 1 aromatic heterocycles. The molecule has 5 heteroatoms. The standard InChI is InChI=1S/C14H23N3OS/c1-2-4-10-13(9-15)19-14(16-10)17-7-8-18-12-6-3-5-11(12)17/h11-12H,2-9,15H2,1H3. The molecule has 1 aliphatic heterocycles. The van der Waals surface area contributed by atoms with Gasteiger partial charge in [-0.3, -0.25) is 0 Å². The fourth-order valence-electron chi connectivity index (χ4n) is 3.25. The molecule has 1 aliphatic carbocycles. The molecular weight excluding hydrogens is 258 g/mol. The highest BCUT2D eigenvalue weighted by Crippen LogP contribution is 2.36. The van der Waals surface area contributed by atoms with Crippen molar-refractivity contribution in [1.29, 1.82) is 0 Å². The van der Waals surface area contributed by atoms with Crippen LogP contribution in [0.2, 0.25) is 0 Å². The summed E-state index contributed by atoms with van der Waals surface area (Å²) in [5, 5.41) is 1.17. The van der Waals surface area contributed by atoms with E-state index < -0.39 is 0 Å². The second kappa shape index (κ2) is 5.77. The minimum absolute atomic E-state index is 0.425. The monoisotopic (exact) mass is 281 g/mol. The zero-order valence-corrected chi connectivity index (χ0v) is 12.4. The van der Waals surface area contributed by atoms with Gasteiger partial charge in [0, 0.05) is 18.0 Å². The molecule has 2 atom stereocenters. The van der Waals surface area contributed by atoms with Crippen molar-refractivity contribution in [3.8, 4) is 0 Å². The number of aryl methyl sites for hydroxylation is 1. The molecule has 2 heterocycles. The third-order valence-electron chi connectivity index (χ3n) is 4.17. The van der Waals surface area contributed by atoms with Crippen LogP contribution in [0, 0.1) is 0 Å². The summed E-state index contributed by atoms with van der Waals surface area (Å²) < 4.78 is 5.87. The molecule has 1 saturated carbocycles. The average molecular weight is 281 g/mol. The van der Waals surface area contributed by atoms with Crippen LogP contribution < -0.4 is 10.6 Å². The number of aromatic nitrogens is 1. The summed E-state index contributed by atoms with van der Waals surface area (Å²) in [7, 11) is 0. The maximum Gasteiger partial charge on any atom is 0.186 e. The van der Waals surface area contributed by atoms with Crippen molar-refractivity contribution in [2.45, 2.75) is 57.7 Å².